The highest BCUT2D eigenvalue weighted by atomic mass is 35.5. The van der Waals surface area contributed by atoms with Crippen molar-refractivity contribution < 1.29 is 0 Å². The van der Waals surface area contributed by atoms with Gasteiger partial charge in [0, 0.05) is 21.2 Å². The Morgan fingerprint density at radius 3 is 2.19 bits per heavy atom. The van der Waals surface area contributed by atoms with E-state index < -0.39 is 0 Å². The zero-order valence-electron chi connectivity index (χ0n) is 13.4. The van der Waals surface area contributed by atoms with Gasteiger partial charge in [-0.05, 0) is 29.8 Å². The molecule has 2 aromatic carbocycles. The molecule has 126 valence electrons. The summed E-state index contributed by atoms with van der Waals surface area (Å²) in [5.41, 5.74) is 14.1. The molecule has 0 atom stereocenters. The van der Waals surface area contributed by atoms with Crippen LogP contribution in [0.15, 0.2) is 58.5 Å². The molecule has 3 rings (SSSR count). The minimum absolute atomic E-state index is 0.0634. The number of anilines is 2. The first-order valence-electron chi connectivity index (χ1n) is 7.47. The van der Waals surface area contributed by atoms with E-state index in [1.165, 1.54) is 11.8 Å². The van der Waals surface area contributed by atoms with Crippen LogP contribution in [0.3, 0.4) is 0 Å². The van der Waals surface area contributed by atoms with Crippen molar-refractivity contribution in [3.8, 4) is 23.3 Å². The number of hydrogen-bond acceptors (Lipinski definition) is 6. The second-order valence-electron chi connectivity index (χ2n) is 5.30. The second kappa shape index (κ2) is 7.37. The molecule has 1 aromatic heterocycles. The van der Waals surface area contributed by atoms with Crippen LogP contribution in [0, 0.1) is 22.7 Å². The highest BCUT2D eigenvalue weighted by Crippen LogP contribution is 2.39. The van der Waals surface area contributed by atoms with Crippen molar-refractivity contribution in [3.63, 3.8) is 0 Å². The minimum Gasteiger partial charge on any atom is -0.398 e. The third kappa shape index (κ3) is 3.29. The molecule has 0 saturated carbocycles. The number of pyridine rings is 1. The summed E-state index contributed by atoms with van der Waals surface area (Å²) in [5.74, 6) is 0.0634. The standard InChI is InChI=1S/C19H12ClN5S/c20-12-7-5-11(6-8-12)17-13(9-21)18(24)25-19(14(17)10-22)26-16-4-2-1-3-15(16)23/h1-8H,23H2,(H2,24,25). The fourth-order valence-corrected chi connectivity index (χ4v) is 3.52. The lowest BCUT2D eigenvalue weighted by atomic mass is 9.97. The number of rotatable bonds is 3. The van der Waals surface area contributed by atoms with Gasteiger partial charge < -0.3 is 11.5 Å². The summed E-state index contributed by atoms with van der Waals surface area (Å²) in [6.07, 6.45) is 0. The van der Waals surface area contributed by atoms with Crippen LogP contribution in [0.5, 0.6) is 0 Å². The number of para-hydroxylation sites is 1. The first-order valence-corrected chi connectivity index (χ1v) is 8.66. The van der Waals surface area contributed by atoms with Gasteiger partial charge in [0.1, 0.15) is 28.5 Å². The number of aromatic nitrogens is 1. The summed E-state index contributed by atoms with van der Waals surface area (Å²) >= 11 is 7.19. The SMILES string of the molecule is N#Cc1c(N)nc(Sc2ccccc2N)c(C#N)c1-c1ccc(Cl)cc1. The fraction of sp³-hybridized carbons (Fsp3) is 0. The molecule has 0 amide bonds. The van der Waals surface area contributed by atoms with Crippen molar-refractivity contribution >= 4 is 34.9 Å². The molecule has 0 bridgehead atoms. The van der Waals surface area contributed by atoms with E-state index in [4.69, 9.17) is 23.1 Å². The molecule has 26 heavy (non-hydrogen) atoms. The summed E-state index contributed by atoms with van der Waals surface area (Å²) in [4.78, 5) is 5.02. The monoisotopic (exact) mass is 377 g/mol. The Kier molecular flexibility index (Phi) is 4.99. The van der Waals surface area contributed by atoms with E-state index in [1.54, 1.807) is 30.3 Å². The second-order valence-corrected chi connectivity index (χ2v) is 6.76. The summed E-state index contributed by atoms with van der Waals surface area (Å²) in [6, 6.07) is 18.3. The first-order chi connectivity index (χ1) is 12.5. The third-order valence-corrected chi connectivity index (χ3v) is 5.01. The van der Waals surface area contributed by atoms with Crippen molar-refractivity contribution in [2.24, 2.45) is 0 Å². The molecule has 0 radical (unpaired) electrons. The van der Waals surface area contributed by atoms with Gasteiger partial charge in [0.15, 0.2) is 0 Å². The highest BCUT2D eigenvalue weighted by molar-refractivity contribution is 7.99. The van der Waals surface area contributed by atoms with Gasteiger partial charge in [0.25, 0.3) is 0 Å². The predicted molar refractivity (Wildman–Crippen MR) is 104 cm³/mol. The van der Waals surface area contributed by atoms with Crippen molar-refractivity contribution in [2.75, 3.05) is 11.5 Å². The maximum Gasteiger partial charge on any atom is 0.143 e. The van der Waals surface area contributed by atoms with Gasteiger partial charge in [0.05, 0.1) is 5.56 Å². The van der Waals surface area contributed by atoms with Gasteiger partial charge in [0.2, 0.25) is 0 Å². The summed E-state index contributed by atoms with van der Waals surface area (Å²) in [7, 11) is 0. The molecule has 4 N–H and O–H groups in total. The van der Waals surface area contributed by atoms with E-state index in [2.05, 4.69) is 11.1 Å². The average molecular weight is 378 g/mol. The van der Waals surface area contributed by atoms with E-state index in [0.29, 0.717) is 26.9 Å². The maximum atomic E-state index is 9.76. The van der Waals surface area contributed by atoms with Crippen molar-refractivity contribution in [2.45, 2.75) is 9.92 Å². The first kappa shape index (κ1) is 17.6. The Morgan fingerprint density at radius 1 is 0.923 bits per heavy atom. The topological polar surface area (TPSA) is 113 Å². The smallest absolute Gasteiger partial charge is 0.143 e. The molecule has 0 spiro atoms. The van der Waals surface area contributed by atoms with Gasteiger partial charge in [-0.3, -0.25) is 0 Å². The van der Waals surface area contributed by atoms with E-state index in [-0.39, 0.29) is 16.9 Å². The summed E-state index contributed by atoms with van der Waals surface area (Å²) in [5, 5.41) is 20.2. The Balaban J connectivity index is 2.25. The molecule has 0 unspecified atom stereocenters. The minimum atomic E-state index is 0.0634. The van der Waals surface area contributed by atoms with Crippen molar-refractivity contribution in [3.05, 3.63) is 64.7 Å². The molecular formula is C19H12ClN5S. The van der Waals surface area contributed by atoms with E-state index in [0.717, 1.165) is 4.90 Å². The summed E-state index contributed by atoms with van der Waals surface area (Å²) in [6.45, 7) is 0. The highest BCUT2D eigenvalue weighted by Gasteiger charge is 2.21. The Morgan fingerprint density at radius 2 is 1.58 bits per heavy atom. The van der Waals surface area contributed by atoms with Crippen LogP contribution >= 0.6 is 23.4 Å². The zero-order chi connectivity index (χ0) is 18.7. The molecule has 0 aliphatic rings. The largest absolute Gasteiger partial charge is 0.398 e. The van der Waals surface area contributed by atoms with Crippen LogP contribution in [-0.2, 0) is 0 Å². The molecular weight excluding hydrogens is 366 g/mol. The maximum absolute atomic E-state index is 9.76. The Hall–Kier alpha value is -3.19. The molecule has 0 aliphatic carbocycles. The molecule has 1 heterocycles. The molecule has 0 aliphatic heterocycles. The number of nitrogens with two attached hydrogens (primary N) is 2. The Labute approximate surface area is 159 Å². The number of benzene rings is 2. The number of nitriles is 2. The normalized spacial score (nSPS) is 10.1. The van der Waals surface area contributed by atoms with Crippen LogP contribution in [0.2, 0.25) is 5.02 Å². The van der Waals surface area contributed by atoms with Gasteiger partial charge in [-0.2, -0.15) is 10.5 Å². The van der Waals surface area contributed by atoms with Crippen molar-refractivity contribution in [1.29, 1.82) is 10.5 Å². The number of halogens is 1. The van der Waals surface area contributed by atoms with Gasteiger partial charge in [-0.15, -0.1) is 0 Å². The van der Waals surface area contributed by atoms with Gasteiger partial charge in [-0.1, -0.05) is 47.6 Å². The van der Waals surface area contributed by atoms with E-state index in [9.17, 15) is 10.5 Å². The lowest BCUT2D eigenvalue weighted by Crippen LogP contribution is -2.03. The average Bonchev–Trinajstić information content (AvgIpc) is 2.64. The summed E-state index contributed by atoms with van der Waals surface area (Å²) < 4.78 is 0. The lowest BCUT2D eigenvalue weighted by Gasteiger charge is -2.13. The molecule has 5 nitrogen and oxygen atoms in total. The van der Waals surface area contributed by atoms with E-state index >= 15 is 0 Å². The number of nitrogen functional groups attached to an aromatic ring is 2. The van der Waals surface area contributed by atoms with Crippen LogP contribution in [-0.4, -0.2) is 4.98 Å². The molecule has 0 fully saturated rings. The van der Waals surface area contributed by atoms with E-state index in [1.807, 2.05) is 24.3 Å². The third-order valence-electron chi connectivity index (χ3n) is 3.67. The quantitative estimate of drug-likeness (QED) is 0.651. The van der Waals surface area contributed by atoms with Crippen LogP contribution in [0.1, 0.15) is 11.1 Å². The molecule has 7 heteroatoms. The van der Waals surface area contributed by atoms with Crippen LogP contribution < -0.4 is 11.5 Å². The van der Waals surface area contributed by atoms with Crippen LogP contribution in [0.4, 0.5) is 11.5 Å². The van der Waals surface area contributed by atoms with Crippen LogP contribution in [0.25, 0.3) is 11.1 Å². The Bertz CT molecular complexity index is 1070. The fourth-order valence-electron chi connectivity index (χ4n) is 2.45. The number of hydrogen-bond donors (Lipinski definition) is 2. The molecule has 3 aromatic rings. The zero-order valence-corrected chi connectivity index (χ0v) is 15.0. The lowest BCUT2D eigenvalue weighted by molar-refractivity contribution is 1.11. The van der Waals surface area contributed by atoms with Crippen molar-refractivity contribution in [1.82, 2.24) is 4.98 Å². The van der Waals surface area contributed by atoms with Gasteiger partial charge in [-0.25, -0.2) is 4.98 Å². The molecule has 0 saturated heterocycles. The number of nitrogens with zero attached hydrogens (tertiary/aromatic N) is 3. The van der Waals surface area contributed by atoms with Gasteiger partial charge >= 0.3 is 0 Å². The predicted octanol–water partition coefficient (Wildman–Crippen LogP) is 4.46.